The number of pyridine rings is 1. The number of aliphatic carboxylic acids is 1. The van der Waals surface area contributed by atoms with Gasteiger partial charge in [0.1, 0.15) is 12.0 Å². The summed E-state index contributed by atoms with van der Waals surface area (Å²) in [5, 5.41) is 22.2. The van der Waals surface area contributed by atoms with E-state index in [1.807, 2.05) is 6.92 Å². The van der Waals surface area contributed by atoms with E-state index in [2.05, 4.69) is 10.3 Å². The summed E-state index contributed by atoms with van der Waals surface area (Å²) in [4.78, 5) is 24.6. The summed E-state index contributed by atoms with van der Waals surface area (Å²) in [6.07, 6.45) is 2.50. The molecule has 1 aromatic heterocycles. The molecule has 0 amide bonds. The average molecular weight is 253 g/mol. The molecule has 1 aromatic rings. The van der Waals surface area contributed by atoms with Crippen molar-refractivity contribution in [1.29, 1.82) is 0 Å². The molecule has 7 nitrogen and oxygen atoms in total. The predicted molar refractivity (Wildman–Crippen MR) is 65.4 cm³/mol. The van der Waals surface area contributed by atoms with Gasteiger partial charge in [0.05, 0.1) is 10.8 Å². The maximum atomic E-state index is 10.9. The molecule has 18 heavy (non-hydrogen) atoms. The van der Waals surface area contributed by atoms with Crippen molar-refractivity contribution in [2.75, 3.05) is 11.9 Å². The molecule has 1 rings (SSSR count). The van der Waals surface area contributed by atoms with Crippen molar-refractivity contribution in [2.45, 2.75) is 19.8 Å². The van der Waals surface area contributed by atoms with Gasteiger partial charge in [-0.1, -0.05) is 13.3 Å². The molecule has 1 atom stereocenters. The Labute approximate surface area is 104 Å². The molecule has 0 aliphatic rings. The van der Waals surface area contributed by atoms with E-state index in [1.54, 1.807) is 0 Å². The molecule has 0 fully saturated rings. The Morgan fingerprint density at radius 2 is 2.33 bits per heavy atom. The Morgan fingerprint density at radius 1 is 1.61 bits per heavy atom. The summed E-state index contributed by atoms with van der Waals surface area (Å²) in [6, 6.07) is 2.79. The van der Waals surface area contributed by atoms with Gasteiger partial charge in [-0.25, -0.2) is 4.98 Å². The first-order chi connectivity index (χ1) is 8.54. The number of carboxylic acids is 1. The van der Waals surface area contributed by atoms with Crippen LogP contribution in [0.5, 0.6) is 0 Å². The van der Waals surface area contributed by atoms with Gasteiger partial charge in [0.25, 0.3) is 5.69 Å². The number of nitrogens with zero attached hydrogens (tertiary/aromatic N) is 2. The molecule has 7 heteroatoms. The third-order valence-electron chi connectivity index (χ3n) is 2.47. The molecule has 1 unspecified atom stereocenters. The average Bonchev–Trinajstić information content (AvgIpc) is 2.34. The molecular weight excluding hydrogens is 238 g/mol. The lowest BCUT2D eigenvalue weighted by Gasteiger charge is -2.12. The lowest BCUT2D eigenvalue weighted by atomic mass is 10.0. The standard InChI is InChI=1S/C11H15N3O4/c1-2-3-8(11(15)16)6-12-10-5-4-9(7-13-10)14(17)18/h4-5,7-8H,2-3,6H2,1H3,(H,12,13)(H,15,16). The Kier molecular flexibility index (Phi) is 5.04. The van der Waals surface area contributed by atoms with Crippen LogP contribution in [-0.4, -0.2) is 27.5 Å². The molecule has 0 aromatic carbocycles. The highest BCUT2D eigenvalue weighted by molar-refractivity contribution is 5.70. The fourth-order valence-electron chi connectivity index (χ4n) is 1.49. The van der Waals surface area contributed by atoms with E-state index in [0.717, 1.165) is 12.6 Å². The fourth-order valence-corrected chi connectivity index (χ4v) is 1.49. The van der Waals surface area contributed by atoms with Gasteiger partial charge in [0, 0.05) is 12.6 Å². The lowest BCUT2D eigenvalue weighted by molar-refractivity contribution is -0.385. The fraction of sp³-hybridized carbons (Fsp3) is 0.455. The summed E-state index contributed by atoms with van der Waals surface area (Å²) in [5.41, 5.74) is -0.0936. The maximum absolute atomic E-state index is 10.9. The predicted octanol–water partition coefficient (Wildman–Crippen LogP) is 1.90. The second-order valence-electron chi connectivity index (χ2n) is 3.86. The van der Waals surface area contributed by atoms with Crippen LogP contribution in [0.25, 0.3) is 0 Å². The minimum absolute atomic E-state index is 0.0936. The number of hydrogen-bond donors (Lipinski definition) is 2. The van der Waals surface area contributed by atoms with E-state index in [-0.39, 0.29) is 12.2 Å². The highest BCUT2D eigenvalue weighted by Crippen LogP contribution is 2.13. The van der Waals surface area contributed by atoms with Crippen LogP contribution >= 0.6 is 0 Å². The van der Waals surface area contributed by atoms with Crippen LogP contribution in [0, 0.1) is 16.0 Å². The topological polar surface area (TPSA) is 105 Å². The first-order valence-corrected chi connectivity index (χ1v) is 5.61. The van der Waals surface area contributed by atoms with Gasteiger partial charge in [-0.15, -0.1) is 0 Å². The number of nitro groups is 1. The van der Waals surface area contributed by atoms with Crippen LogP contribution in [0.3, 0.4) is 0 Å². The normalized spacial score (nSPS) is 11.8. The SMILES string of the molecule is CCCC(CNc1ccc([N+](=O)[O-])cn1)C(=O)O. The molecule has 0 aliphatic heterocycles. The molecule has 0 saturated carbocycles. The second-order valence-corrected chi connectivity index (χ2v) is 3.86. The lowest BCUT2D eigenvalue weighted by Crippen LogP contribution is -2.23. The molecule has 0 radical (unpaired) electrons. The van der Waals surface area contributed by atoms with Crippen LogP contribution in [-0.2, 0) is 4.79 Å². The van der Waals surface area contributed by atoms with Gasteiger partial charge >= 0.3 is 5.97 Å². The van der Waals surface area contributed by atoms with Crippen molar-refractivity contribution in [3.63, 3.8) is 0 Å². The summed E-state index contributed by atoms with van der Waals surface area (Å²) in [6.45, 7) is 2.17. The number of hydrogen-bond acceptors (Lipinski definition) is 5. The van der Waals surface area contributed by atoms with Gasteiger partial charge < -0.3 is 10.4 Å². The zero-order chi connectivity index (χ0) is 13.5. The zero-order valence-electron chi connectivity index (χ0n) is 10.00. The second kappa shape index (κ2) is 6.53. The molecule has 2 N–H and O–H groups in total. The largest absolute Gasteiger partial charge is 0.481 e. The minimum Gasteiger partial charge on any atom is -0.481 e. The van der Waals surface area contributed by atoms with Gasteiger partial charge in [-0.05, 0) is 12.5 Å². The summed E-state index contributed by atoms with van der Waals surface area (Å²) >= 11 is 0. The van der Waals surface area contributed by atoms with Crippen LogP contribution in [0.15, 0.2) is 18.3 Å². The third-order valence-corrected chi connectivity index (χ3v) is 2.47. The number of carbonyl (C=O) groups is 1. The maximum Gasteiger partial charge on any atom is 0.308 e. The first kappa shape index (κ1) is 13.9. The van der Waals surface area contributed by atoms with Crippen molar-refractivity contribution in [3.8, 4) is 0 Å². The van der Waals surface area contributed by atoms with Crippen molar-refractivity contribution in [3.05, 3.63) is 28.4 Å². The molecule has 0 aliphatic carbocycles. The number of nitrogens with one attached hydrogen (secondary N) is 1. The Balaban J connectivity index is 2.56. The summed E-state index contributed by atoms with van der Waals surface area (Å²) in [5.74, 6) is -0.902. The first-order valence-electron chi connectivity index (χ1n) is 5.61. The number of aromatic nitrogens is 1. The van der Waals surface area contributed by atoms with Crippen molar-refractivity contribution >= 4 is 17.5 Å². The van der Waals surface area contributed by atoms with E-state index in [0.29, 0.717) is 12.2 Å². The third kappa shape index (κ3) is 4.00. The van der Waals surface area contributed by atoms with Crippen LogP contribution < -0.4 is 5.32 Å². The van der Waals surface area contributed by atoms with Crippen molar-refractivity contribution in [1.82, 2.24) is 4.98 Å². The van der Waals surface area contributed by atoms with E-state index in [9.17, 15) is 14.9 Å². The van der Waals surface area contributed by atoms with E-state index in [1.165, 1.54) is 12.1 Å². The molecule has 0 bridgehead atoms. The summed E-state index contributed by atoms with van der Waals surface area (Å²) in [7, 11) is 0. The van der Waals surface area contributed by atoms with E-state index in [4.69, 9.17) is 5.11 Å². The Morgan fingerprint density at radius 3 is 2.78 bits per heavy atom. The quantitative estimate of drug-likeness (QED) is 0.568. The van der Waals surface area contributed by atoms with E-state index >= 15 is 0 Å². The van der Waals surface area contributed by atoms with Gasteiger partial charge in [-0.2, -0.15) is 0 Å². The molecule has 1 heterocycles. The highest BCUT2D eigenvalue weighted by atomic mass is 16.6. The van der Waals surface area contributed by atoms with Gasteiger partial charge in [0.15, 0.2) is 0 Å². The smallest absolute Gasteiger partial charge is 0.308 e. The molecule has 0 saturated heterocycles. The van der Waals surface area contributed by atoms with Gasteiger partial charge in [0.2, 0.25) is 0 Å². The van der Waals surface area contributed by atoms with Crippen LogP contribution in [0.4, 0.5) is 11.5 Å². The highest BCUT2D eigenvalue weighted by Gasteiger charge is 2.16. The number of rotatable bonds is 7. The minimum atomic E-state index is -0.855. The Bertz CT molecular complexity index is 419. The number of anilines is 1. The monoisotopic (exact) mass is 253 g/mol. The zero-order valence-corrected chi connectivity index (χ0v) is 10.00. The molecular formula is C11H15N3O4. The van der Waals surface area contributed by atoms with Crippen LogP contribution in [0.1, 0.15) is 19.8 Å². The number of carboxylic acid groups (broad SMARTS) is 1. The summed E-state index contributed by atoms with van der Waals surface area (Å²) < 4.78 is 0. The Hall–Kier alpha value is -2.18. The van der Waals surface area contributed by atoms with Gasteiger partial charge in [-0.3, -0.25) is 14.9 Å². The van der Waals surface area contributed by atoms with Crippen molar-refractivity contribution in [2.24, 2.45) is 5.92 Å². The van der Waals surface area contributed by atoms with Crippen LogP contribution in [0.2, 0.25) is 0 Å². The van der Waals surface area contributed by atoms with E-state index < -0.39 is 16.8 Å². The molecule has 0 spiro atoms. The molecule has 98 valence electrons. The van der Waals surface area contributed by atoms with Crippen molar-refractivity contribution < 1.29 is 14.8 Å².